The first-order valence-corrected chi connectivity index (χ1v) is 12.9. The lowest BCUT2D eigenvalue weighted by Gasteiger charge is -2.32. The van der Waals surface area contributed by atoms with Gasteiger partial charge in [-0.25, -0.2) is 14.8 Å². The van der Waals surface area contributed by atoms with E-state index < -0.39 is 17.8 Å². The summed E-state index contributed by atoms with van der Waals surface area (Å²) in [6.07, 6.45) is -3.39. The number of pyridine rings is 1. The van der Waals surface area contributed by atoms with Crippen molar-refractivity contribution in [1.29, 1.82) is 0 Å². The molecule has 0 bridgehead atoms. The van der Waals surface area contributed by atoms with Crippen molar-refractivity contribution in [2.45, 2.75) is 31.5 Å². The molecule has 0 spiro atoms. The maximum Gasteiger partial charge on any atom is 0.433 e. The highest BCUT2D eigenvalue weighted by Crippen LogP contribution is 2.37. The minimum atomic E-state index is -4.64. The zero-order valence-corrected chi connectivity index (χ0v) is 22.3. The van der Waals surface area contributed by atoms with Crippen LogP contribution in [0.25, 0.3) is 22.4 Å². The molecule has 1 amide bonds. The van der Waals surface area contributed by atoms with Crippen LogP contribution in [0.1, 0.15) is 56.6 Å². The second-order valence-electron chi connectivity index (χ2n) is 9.55. The highest BCUT2D eigenvalue weighted by atomic mass is 19.4. The number of hydrogen-bond donors (Lipinski definition) is 1. The van der Waals surface area contributed by atoms with Crippen LogP contribution in [0.5, 0.6) is 5.75 Å². The summed E-state index contributed by atoms with van der Waals surface area (Å²) >= 11 is 0. The van der Waals surface area contributed by atoms with Gasteiger partial charge in [-0.05, 0) is 54.7 Å². The molecular formula is C29H27F3N4O5. The van der Waals surface area contributed by atoms with Crippen molar-refractivity contribution < 1.29 is 36.7 Å². The minimum absolute atomic E-state index is 0.0190. The van der Waals surface area contributed by atoms with Crippen LogP contribution < -0.4 is 10.5 Å². The van der Waals surface area contributed by atoms with Gasteiger partial charge in [-0.1, -0.05) is 18.2 Å². The topological polar surface area (TPSA) is 121 Å². The van der Waals surface area contributed by atoms with Gasteiger partial charge < -0.3 is 24.5 Å². The molecule has 0 aliphatic carbocycles. The molecule has 1 fully saturated rings. The smallest absolute Gasteiger partial charge is 0.433 e. The average Bonchev–Trinajstić information content (AvgIpc) is 3.43. The van der Waals surface area contributed by atoms with E-state index in [0.29, 0.717) is 42.4 Å². The largest absolute Gasteiger partial charge is 0.494 e. The third kappa shape index (κ3) is 5.34. The molecule has 2 aromatic carbocycles. The number of halogens is 3. The Balaban J connectivity index is 1.42. The zero-order valence-electron chi connectivity index (χ0n) is 22.3. The third-order valence-electron chi connectivity index (χ3n) is 7.23. The van der Waals surface area contributed by atoms with Gasteiger partial charge in [0, 0.05) is 24.0 Å². The number of hydrogen-bond acceptors (Lipinski definition) is 8. The van der Waals surface area contributed by atoms with Crippen molar-refractivity contribution in [1.82, 2.24) is 14.9 Å². The van der Waals surface area contributed by atoms with Crippen LogP contribution in [0.4, 0.5) is 13.2 Å². The number of methoxy groups -OCH3 is 2. The Bertz CT molecular complexity index is 1610. The van der Waals surface area contributed by atoms with Crippen LogP contribution in [-0.2, 0) is 17.5 Å². The van der Waals surface area contributed by atoms with Gasteiger partial charge in [-0.2, -0.15) is 13.2 Å². The Labute approximate surface area is 233 Å². The number of carbonyl (C=O) groups is 2. The van der Waals surface area contributed by atoms with Crippen LogP contribution in [0.15, 0.2) is 52.9 Å². The van der Waals surface area contributed by atoms with E-state index in [-0.39, 0.29) is 47.0 Å². The molecule has 2 aromatic heterocycles. The van der Waals surface area contributed by atoms with Gasteiger partial charge in [0.25, 0.3) is 5.91 Å². The summed E-state index contributed by atoms with van der Waals surface area (Å²) in [4.78, 5) is 35.6. The summed E-state index contributed by atoms with van der Waals surface area (Å²) < 4.78 is 56.0. The first-order valence-electron chi connectivity index (χ1n) is 12.9. The first kappa shape index (κ1) is 28.1. The molecule has 2 N–H and O–H groups in total. The van der Waals surface area contributed by atoms with E-state index in [2.05, 4.69) is 9.97 Å². The van der Waals surface area contributed by atoms with E-state index in [0.717, 1.165) is 11.6 Å². The molecule has 0 radical (unpaired) electrons. The van der Waals surface area contributed by atoms with Crippen LogP contribution in [0.2, 0.25) is 0 Å². The van der Waals surface area contributed by atoms with Crippen molar-refractivity contribution in [3.05, 3.63) is 76.8 Å². The molecule has 1 saturated heterocycles. The maximum absolute atomic E-state index is 13.5. The fraction of sp³-hybridized carbons (Fsp3) is 0.310. The van der Waals surface area contributed by atoms with Gasteiger partial charge >= 0.3 is 12.1 Å². The highest BCUT2D eigenvalue weighted by molar-refractivity contribution is 5.98. The molecule has 41 heavy (non-hydrogen) atoms. The maximum atomic E-state index is 13.5. The zero-order chi connectivity index (χ0) is 29.3. The van der Waals surface area contributed by atoms with Crippen LogP contribution in [0, 0.1) is 0 Å². The van der Waals surface area contributed by atoms with E-state index in [1.165, 1.54) is 26.4 Å². The molecule has 4 aromatic rings. The number of esters is 1. The van der Waals surface area contributed by atoms with Gasteiger partial charge in [-0.15, -0.1) is 0 Å². The molecule has 214 valence electrons. The Morgan fingerprint density at radius 2 is 1.78 bits per heavy atom. The number of fused-ring (bicyclic) bond motifs is 1. The van der Waals surface area contributed by atoms with Crippen molar-refractivity contribution in [2.75, 3.05) is 27.3 Å². The van der Waals surface area contributed by atoms with E-state index in [1.54, 1.807) is 23.1 Å². The van der Waals surface area contributed by atoms with Gasteiger partial charge in [-0.3, -0.25) is 4.79 Å². The number of likely N-dealkylation sites (tertiary alicyclic amines) is 1. The molecule has 5 rings (SSSR count). The Hall–Kier alpha value is -4.45. The monoisotopic (exact) mass is 568 g/mol. The lowest BCUT2D eigenvalue weighted by atomic mass is 9.86. The first-order chi connectivity index (χ1) is 19.7. The molecule has 12 heteroatoms. The molecule has 0 unspecified atom stereocenters. The van der Waals surface area contributed by atoms with Crippen LogP contribution in [-0.4, -0.2) is 54.1 Å². The highest BCUT2D eigenvalue weighted by Gasteiger charge is 2.34. The van der Waals surface area contributed by atoms with Crippen molar-refractivity contribution >= 4 is 22.8 Å². The minimum Gasteiger partial charge on any atom is -0.494 e. The summed E-state index contributed by atoms with van der Waals surface area (Å²) in [5.74, 6) is -0.366. The van der Waals surface area contributed by atoms with Crippen molar-refractivity contribution in [2.24, 2.45) is 5.73 Å². The standard InChI is InChI=1S/C29H27F3N4O5/c1-39-21-9-7-19(18-8-10-23(29(30,31)32)34-24(18)21)26-35-25(22(15-33)41-26)27(37)36-13-11-16(12-14-36)17-5-3-4-6-20(17)28(38)40-2/h3-10,16H,11-15,33H2,1-2H3. The molecule has 0 saturated carbocycles. The van der Waals surface area contributed by atoms with Crippen molar-refractivity contribution in [3.63, 3.8) is 0 Å². The van der Waals surface area contributed by atoms with Crippen LogP contribution in [0.3, 0.4) is 0 Å². The van der Waals surface area contributed by atoms with E-state index in [9.17, 15) is 22.8 Å². The van der Waals surface area contributed by atoms with Gasteiger partial charge in [0.15, 0.2) is 11.5 Å². The predicted molar refractivity (Wildman–Crippen MR) is 142 cm³/mol. The van der Waals surface area contributed by atoms with Gasteiger partial charge in [0.05, 0.1) is 26.3 Å². The fourth-order valence-corrected chi connectivity index (χ4v) is 5.17. The number of piperidine rings is 1. The molecule has 1 aliphatic rings. The SMILES string of the molecule is COC(=O)c1ccccc1C1CCN(C(=O)c2nc(-c3ccc(OC)c4nc(C(F)(F)F)ccc34)oc2CN)CC1. The Morgan fingerprint density at radius 3 is 2.44 bits per heavy atom. The summed E-state index contributed by atoms with van der Waals surface area (Å²) in [6, 6.07) is 12.5. The number of alkyl halides is 3. The molecule has 1 aliphatic heterocycles. The molecule has 0 atom stereocenters. The number of rotatable bonds is 6. The quantitative estimate of drug-likeness (QED) is 0.316. The number of oxazole rings is 1. The summed E-state index contributed by atoms with van der Waals surface area (Å²) in [5.41, 5.74) is 6.57. The Kier molecular flexibility index (Phi) is 7.68. The summed E-state index contributed by atoms with van der Waals surface area (Å²) in [5, 5.41) is 0.311. The van der Waals surface area contributed by atoms with E-state index >= 15 is 0 Å². The third-order valence-corrected chi connectivity index (χ3v) is 7.23. The number of nitrogens with zero attached hydrogens (tertiary/aromatic N) is 3. The second-order valence-corrected chi connectivity index (χ2v) is 9.55. The second kappa shape index (κ2) is 11.2. The molecule has 9 nitrogen and oxygen atoms in total. The average molecular weight is 569 g/mol. The molecular weight excluding hydrogens is 541 g/mol. The number of nitrogens with two attached hydrogens (primary N) is 1. The number of benzene rings is 2. The van der Waals surface area contributed by atoms with E-state index in [1.807, 2.05) is 12.1 Å². The Morgan fingerprint density at radius 1 is 1.05 bits per heavy atom. The number of ether oxygens (including phenoxy) is 2. The summed E-state index contributed by atoms with van der Waals surface area (Å²) in [7, 11) is 2.68. The fourth-order valence-electron chi connectivity index (χ4n) is 5.17. The van der Waals surface area contributed by atoms with Gasteiger partial charge in [0.1, 0.15) is 17.0 Å². The van der Waals surface area contributed by atoms with Crippen molar-refractivity contribution in [3.8, 4) is 17.2 Å². The number of carbonyl (C=O) groups excluding carboxylic acids is 2. The number of aromatic nitrogens is 2. The lowest BCUT2D eigenvalue weighted by Crippen LogP contribution is -2.38. The number of amides is 1. The van der Waals surface area contributed by atoms with E-state index in [4.69, 9.17) is 19.6 Å². The van der Waals surface area contributed by atoms with Crippen LogP contribution >= 0.6 is 0 Å². The summed E-state index contributed by atoms with van der Waals surface area (Å²) in [6.45, 7) is 0.725. The molecule has 3 heterocycles. The lowest BCUT2D eigenvalue weighted by molar-refractivity contribution is -0.140. The van der Waals surface area contributed by atoms with Gasteiger partial charge in [0.2, 0.25) is 5.89 Å². The predicted octanol–water partition coefficient (Wildman–Crippen LogP) is 5.18. The normalized spacial score (nSPS) is 14.3.